The third kappa shape index (κ3) is 7.64. The van der Waals surface area contributed by atoms with Gasteiger partial charge in [-0.15, -0.1) is 0 Å². The van der Waals surface area contributed by atoms with Gasteiger partial charge >= 0.3 is 0 Å². The Morgan fingerprint density at radius 3 is 2.63 bits per heavy atom. The fourth-order valence-corrected chi connectivity index (χ4v) is 4.17. The molecule has 2 aromatic rings. The second-order valence-corrected chi connectivity index (χ2v) is 8.27. The Balaban J connectivity index is 1.36. The molecule has 0 amide bonds. The average molecular weight is 386 g/mol. The molecule has 4 nitrogen and oxygen atoms in total. The van der Waals surface area contributed by atoms with Crippen LogP contribution in [0, 0.1) is 0 Å². The summed E-state index contributed by atoms with van der Waals surface area (Å²) in [5.74, 6) is 0. The molecule has 0 bridgehead atoms. The van der Waals surface area contributed by atoms with Crippen molar-refractivity contribution in [1.29, 1.82) is 0 Å². The van der Waals surface area contributed by atoms with E-state index in [4.69, 9.17) is 4.74 Å². The molecule has 0 spiro atoms. The van der Waals surface area contributed by atoms with Crippen LogP contribution in [0.1, 0.15) is 17.5 Å². The van der Waals surface area contributed by atoms with Gasteiger partial charge in [-0.3, -0.25) is 4.90 Å². The Labute approximate surface area is 168 Å². The Kier molecular flexibility index (Phi) is 8.65. The first-order chi connectivity index (χ1) is 13.3. The van der Waals surface area contributed by atoms with E-state index in [1.54, 1.807) is 11.9 Å². The highest BCUT2D eigenvalue weighted by molar-refractivity contribution is 7.97. The van der Waals surface area contributed by atoms with Gasteiger partial charge in [0.05, 0.1) is 13.2 Å². The maximum absolute atomic E-state index is 5.39. The Bertz CT molecular complexity index is 662. The third-order valence-corrected chi connectivity index (χ3v) is 5.57. The molecule has 2 aromatic carbocycles. The molecule has 1 aliphatic heterocycles. The largest absolute Gasteiger partial charge is 0.379 e. The lowest BCUT2D eigenvalue weighted by Gasteiger charge is -2.26. The van der Waals surface area contributed by atoms with Crippen LogP contribution < -0.4 is 5.32 Å². The van der Waals surface area contributed by atoms with Gasteiger partial charge in [0.25, 0.3) is 0 Å². The second kappa shape index (κ2) is 11.5. The number of benzene rings is 2. The minimum absolute atomic E-state index is 0.886. The number of hydrogen-bond acceptors (Lipinski definition) is 5. The molecule has 0 atom stereocenters. The van der Waals surface area contributed by atoms with Crippen LogP contribution >= 0.6 is 11.9 Å². The first kappa shape index (κ1) is 20.4. The summed E-state index contributed by atoms with van der Waals surface area (Å²) in [6, 6.07) is 19.4. The third-order valence-electron chi connectivity index (χ3n) is 4.67. The lowest BCUT2D eigenvalue weighted by atomic mass is 10.2. The Morgan fingerprint density at radius 1 is 1.04 bits per heavy atom. The van der Waals surface area contributed by atoms with E-state index in [0.29, 0.717) is 0 Å². The summed E-state index contributed by atoms with van der Waals surface area (Å²) >= 11 is 1.80. The lowest BCUT2D eigenvalue weighted by molar-refractivity contribution is 0.0374. The van der Waals surface area contributed by atoms with Gasteiger partial charge in [0, 0.05) is 31.1 Å². The zero-order chi connectivity index (χ0) is 18.7. The Morgan fingerprint density at radius 2 is 1.81 bits per heavy atom. The van der Waals surface area contributed by atoms with Gasteiger partial charge in [0.2, 0.25) is 0 Å². The van der Waals surface area contributed by atoms with Crippen LogP contribution in [0.4, 0.5) is 0 Å². The summed E-state index contributed by atoms with van der Waals surface area (Å²) in [4.78, 5) is 3.78. The van der Waals surface area contributed by atoms with Crippen molar-refractivity contribution in [2.45, 2.75) is 24.4 Å². The van der Waals surface area contributed by atoms with Crippen LogP contribution in [0.3, 0.4) is 0 Å². The molecule has 0 aliphatic carbocycles. The molecule has 3 rings (SSSR count). The second-order valence-electron chi connectivity index (χ2n) is 6.99. The van der Waals surface area contributed by atoms with Crippen LogP contribution in [-0.4, -0.2) is 55.6 Å². The topological polar surface area (TPSA) is 27.7 Å². The molecule has 1 saturated heterocycles. The van der Waals surface area contributed by atoms with E-state index < -0.39 is 0 Å². The summed E-state index contributed by atoms with van der Waals surface area (Å²) in [5.41, 5.74) is 2.69. The van der Waals surface area contributed by atoms with Crippen LogP contribution in [0.25, 0.3) is 0 Å². The SMILES string of the molecule is CN(Cc1ccccc1)Sc1cccc(CNCCCN2CCOCC2)c1. The van der Waals surface area contributed by atoms with E-state index in [1.165, 1.54) is 22.4 Å². The standard InChI is InChI=1S/C22H31N3OS/c1-24(19-20-7-3-2-4-8-20)27-22-10-5-9-21(17-22)18-23-11-6-12-25-13-15-26-16-14-25/h2-5,7-10,17,23H,6,11-16,18-19H2,1H3. The molecule has 1 N–H and O–H groups in total. The monoisotopic (exact) mass is 385 g/mol. The number of rotatable bonds is 10. The van der Waals surface area contributed by atoms with E-state index in [0.717, 1.165) is 52.5 Å². The predicted molar refractivity (Wildman–Crippen MR) is 114 cm³/mol. The number of hydrogen-bond donors (Lipinski definition) is 1. The molecular weight excluding hydrogens is 354 g/mol. The molecule has 0 radical (unpaired) electrons. The number of nitrogens with zero attached hydrogens (tertiary/aromatic N) is 2. The molecule has 27 heavy (non-hydrogen) atoms. The highest BCUT2D eigenvalue weighted by atomic mass is 32.2. The molecule has 1 heterocycles. The van der Waals surface area contributed by atoms with Crippen molar-refractivity contribution in [3.8, 4) is 0 Å². The minimum Gasteiger partial charge on any atom is -0.379 e. The van der Waals surface area contributed by atoms with Gasteiger partial charge in [-0.05, 0) is 61.8 Å². The van der Waals surface area contributed by atoms with Crippen LogP contribution in [0.5, 0.6) is 0 Å². The van der Waals surface area contributed by atoms with Crippen LogP contribution in [-0.2, 0) is 17.8 Å². The molecule has 1 fully saturated rings. The maximum Gasteiger partial charge on any atom is 0.0594 e. The maximum atomic E-state index is 5.39. The van der Waals surface area contributed by atoms with Crippen molar-refractivity contribution >= 4 is 11.9 Å². The zero-order valence-electron chi connectivity index (χ0n) is 16.3. The summed E-state index contributed by atoms with van der Waals surface area (Å²) in [6.45, 7) is 8.02. The molecular formula is C22H31N3OS. The van der Waals surface area contributed by atoms with Crippen molar-refractivity contribution in [2.24, 2.45) is 0 Å². The van der Waals surface area contributed by atoms with Crippen LogP contribution in [0.15, 0.2) is 59.5 Å². The van der Waals surface area contributed by atoms with Gasteiger partial charge in [0.15, 0.2) is 0 Å². The smallest absolute Gasteiger partial charge is 0.0594 e. The van der Waals surface area contributed by atoms with Gasteiger partial charge in [0.1, 0.15) is 0 Å². The van der Waals surface area contributed by atoms with E-state index >= 15 is 0 Å². The van der Waals surface area contributed by atoms with Crippen molar-refractivity contribution in [3.05, 3.63) is 65.7 Å². The van der Waals surface area contributed by atoms with Gasteiger partial charge < -0.3 is 10.1 Å². The molecule has 0 aromatic heterocycles. The fraction of sp³-hybridized carbons (Fsp3) is 0.455. The van der Waals surface area contributed by atoms with E-state index in [1.807, 2.05) is 0 Å². The summed E-state index contributed by atoms with van der Waals surface area (Å²) in [6.07, 6.45) is 1.19. The summed E-state index contributed by atoms with van der Waals surface area (Å²) in [5, 5.41) is 3.58. The fourth-order valence-electron chi connectivity index (χ4n) is 3.25. The highest BCUT2D eigenvalue weighted by Crippen LogP contribution is 2.23. The minimum atomic E-state index is 0.886. The van der Waals surface area contributed by atoms with E-state index in [-0.39, 0.29) is 0 Å². The molecule has 5 heteroatoms. The number of ether oxygens (including phenoxy) is 1. The van der Waals surface area contributed by atoms with Gasteiger partial charge in [-0.2, -0.15) is 0 Å². The quantitative estimate of drug-likeness (QED) is 0.498. The lowest BCUT2D eigenvalue weighted by Crippen LogP contribution is -2.37. The highest BCUT2D eigenvalue weighted by Gasteiger charge is 2.09. The molecule has 146 valence electrons. The molecule has 0 unspecified atom stereocenters. The normalized spacial score (nSPS) is 15.3. The van der Waals surface area contributed by atoms with Gasteiger partial charge in [-0.1, -0.05) is 42.5 Å². The Hall–Kier alpha value is -1.37. The number of nitrogens with one attached hydrogen (secondary N) is 1. The summed E-state index contributed by atoms with van der Waals surface area (Å²) in [7, 11) is 2.15. The zero-order valence-corrected chi connectivity index (χ0v) is 17.1. The summed E-state index contributed by atoms with van der Waals surface area (Å²) < 4.78 is 7.68. The van der Waals surface area contributed by atoms with Crippen molar-refractivity contribution in [1.82, 2.24) is 14.5 Å². The first-order valence-electron chi connectivity index (χ1n) is 9.82. The van der Waals surface area contributed by atoms with Gasteiger partial charge in [-0.25, -0.2) is 4.31 Å². The van der Waals surface area contributed by atoms with E-state index in [9.17, 15) is 0 Å². The predicted octanol–water partition coefficient (Wildman–Crippen LogP) is 3.64. The van der Waals surface area contributed by atoms with Crippen molar-refractivity contribution < 1.29 is 4.74 Å². The van der Waals surface area contributed by atoms with Crippen molar-refractivity contribution in [2.75, 3.05) is 46.4 Å². The first-order valence-corrected chi connectivity index (χ1v) is 10.6. The number of morpholine rings is 1. The molecule has 1 aliphatic rings. The van der Waals surface area contributed by atoms with E-state index in [2.05, 4.69) is 76.2 Å². The van der Waals surface area contributed by atoms with Crippen molar-refractivity contribution in [3.63, 3.8) is 0 Å². The average Bonchev–Trinajstić information content (AvgIpc) is 2.69. The van der Waals surface area contributed by atoms with Crippen LogP contribution in [0.2, 0.25) is 0 Å². The molecule has 0 saturated carbocycles.